The summed E-state index contributed by atoms with van der Waals surface area (Å²) in [6, 6.07) is 11.3. The molecular weight excluding hydrogens is 172 g/mol. The molecule has 0 saturated carbocycles. The molecule has 0 spiro atoms. The summed E-state index contributed by atoms with van der Waals surface area (Å²) >= 11 is 0. The van der Waals surface area contributed by atoms with Crippen LogP contribution in [0.15, 0.2) is 24.3 Å². The zero-order valence-electron chi connectivity index (χ0n) is 8.96. The molecule has 1 heteroatoms. The van der Waals surface area contributed by atoms with Gasteiger partial charge in [-0.3, -0.25) is 0 Å². The molecule has 0 saturated heterocycles. The molecule has 1 rings (SSSR count). The zero-order valence-corrected chi connectivity index (χ0v) is 8.96. The van der Waals surface area contributed by atoms with E-state index in [0.717, 1.165) is 6.61 Å². The van der Waals surface area contributed by atoms with Crippen LogP contribution in [-0.2, 0) is 11.2 Å². The lowest BCUT2D eigenvalue weighted by atomic mass is 10.1. The van der Waals surface area contributed by atoms with Crippen molar-refractivity contribution in [2.75, 3.05) is 13.7 Å². The van der Waals surface area contributed by atoms with Gasteiger partial charge in [-0.15, -0.1) is 0 Å². The minimum absolute atomic E-state index is 0.903. The number of ether oxygens (including phenoxy) is 1. The Morgan fingerprint density at radius 3 is 2.50 bits per heavy atom. The van der Waals surface area contributed by atoms with Crippen LogP contribution in [0.3, 0.4) is 0 Å². The summed E-state index contributed by atoms with van der Waals surface area (Å²) in [6.45, 7) is 0.903. The molecule has 0 aliphatic carbocycles. The Bertz CT molecular complexity index is 218. The Labute approximate surface area is 87.1 Å². The molecular formula is C13H19O. The van der Waals surface area contributed by atoms with E-state index in [4.69, 9.17) is 4.74 Å². The fraction of sp³-hybridized carbons (Fsp3) is 0.538. The lowest BCUT2D eigenvalue weighted by molar-refractivity contribution is 0.192. The number of unbranched alkanes of at least 4 members (excludes halogenated alkanes) is 3. The minimum Gasteiger partial charge on any atom is -0.385 e. The summed E-state index contributed by atoms with van der Waals surface area (Å²) in [4.78, 5) is 0. The van der Waals surface area contributed by atoms with Crippen LogP contribution >= 0.6 is 0 Å². The van der Waals surface area contributed by atoms with Crippen molar-refractivity contribution in [2.45, 2.75) is 32.1 Å². The number of hydrogen-bond acceptors (Lipinski definition) is 1. The topological polar surface area (TPSA) is 9.23 Å². The molecule has 1 aromatic rings. The van der Waals surface area contributed by atoms with E-state index in [1.807, 2.05) is 12.1 Å². The maximum Gasteiger partial charge on any atom is 0.0462 e. The molecule has 0 aromatic heterocycles. The van der Waals surface area contributed by atoms with Crippen molar-refractivity contribution in [3.05, 3.63) is 35.9 Å². The van der Waals surface area contributed by atoms with Gasteiger partial charge in [0.15, 0.2) is 0 Å². The van der Waals surface area contributed by atoms with Crippen molar-refractivity contribution in [1.82, 2.24) is 0 Å². The van der Waals surface area contributed by atoms with Gasteiger partial charge in [0.05, 0.1) is 0 Å². The molecule has 0 bridgehead atoms. The fourth-order valence-electron chi connectivity index (χ4n) is 1.52. The average Bonchev–Trinajstić information content (AvgIpc) is 2.25. The Morgan fingerprint density at radius 2 is 1.79 bits per heavy atom. The largest absolute Gasteiger partial charge is 0.385 e. The number of benzene rings is 1. The van der Waals surface area contributed by atoms with Gasteiger partial charge >= 0.3 is 0 Å². The van der Waals surface area contributed by atoms with E-state index in [9.17, 15) is 0 Å². The first kappa shape index (κ1) is 11.3. The highest BCUT2D eigenvalue weighted by Crippen LogP contribution is 2.07. The minimum atomic E-state index is 0.903. The molecule has 1 aromatic carbocycles. The maximum absolute atomic E-state index is 5.00. The van der Waals surface area contributed by atoms with Gasteiger partial charge in [0.2, 0.25) is 0 Å². The van der Waals surface area contributed by atoms with Crippen LogP contribution in [-0.4, -0.2) is 13.7 Å². The van der Waals surface area contributed by atoms with Crippen molar-refractivity contribution in [2.24, 2.45) is 0 Å². The third-order valence-electron chi connectivity index (χ3n) is 2.35. The molecule has 0 fully saturated rings. The summed E-state index contributed by atoms with van der Waals surface area (Å²) in [5.74, 6) is 0. The Kier molecular flexibility index (Phi) is 6.09. The van der Waals surface area contributed by atoms with Gasteiger partial charge in [0, 0.05) is 13.7 Å². The first-order valence-corrected chi connectivity index (χ1v) is 5.37. The highest BCUT2D eigenvalue weighted by Gasteiger charge is 1.92. The molecule has 0 aliphatic heterocycles. The SMILES string of the molecule is COCCCCCCc1cc[c]cc1. The van der Waals surface area contributed by atoms with Crippen molar-refractivity contribution >= 4 is 0 Å². The molecule has 0 unspecified atom stereocenters. The van der Waals surface area contributed by atoms with E-state index >= 15 is 0 Å². The van der Waals surface area contributed by atoms with E-state index in [2.05, 4.69) is 18.2 Å². The van der Waals surface area contributed by atoms with Crippen molar-refractivity contribution in [3.8, 4) is 0 Å². The summed E-state index contributed by atoms with van der Waals surface area (Å²) < 4.78 is 5.00. The Balaban J connectivity index is 1.99. The van der Waals surface area contributed by atoms with Crippen molar-refractivity contribution in [1.29, 1.82) is 0 Å². The third kappa shape index (κ3) is 5.03. The molecule has 77 valence electrons. The fourth-order valence-corrected chi connectivity index (χ4v) is 1.52. The van der Waals surface area contributed by atoms with Gasteiger partial charge in [-0.1, -0.05) is 37.1 Å². The van der Waals surface area contributed by atoms with E-state index in [1.54, 1.807) is 7.11 Å². The van der Waals surface area contributed by atoms with Crippen LogP contribution < -0.4 is 0 Å². The number of hydrogen-bond donors (Lipinski definition) is 0. The normalized spacial score (nSPS) is 10.4. The van der Waals surface area contributed by atoms with Gasteiger partial charge in [-0.2, -0.15) is 0 Å². The molecule has 0 atom stereocenters. The lowest BCUT2D eigenvalue weighted by Crippen LogP contribution is -1.89. The van der Waals surface area contributed by atoms with Crippen LogP contribution in [0.2, 0.25) is 0 Å². The molecule has 1 radical (unpaired) electrons. The Hall–Kier alpha value is -0.820. The maximum atomic E-state index is 5.00. The van der Waals surface area contributed by atoms with Gasteiger partial charge in [0.1, 0.15) is 0 Å². The number of methoxy groups -OCH3 is 1. The third-order valence-corrected chi connectivity index (χ3v) is 2.35. The molecule has 0 N–H and O–H groups in total. The second-order valence-corrected chi connectivity index (χ2v) is 3.57. The zero-order chi connectivity index (χ0) is 10.1. The van der Waals surface area contributed by atoms with Gasteiger partial charge in [-0.05, 0) is 30.9 Å². The van der Waals surface area contributed by atoms with Crippen LogP contribution in [0.25, 0.3) is 0 Å². The predicted molar refractivity (Wildman–Crippen MR) is 59.3 cm³/mol. The summed E-state index contributed by atoms with van der Waals surface area (Å²) in [6.07, 6.45) is 6.27. The number of aryl methyl sites for hydroxylation is 1. The van der Waals surface area contributed by atoms with Gasteiger partial charge in [-0.25, -0.2) is 0 Å². The quantitative estimate of drug-likeness (QED) is 0.601. The van der Waals surface area contributed by atoms with Crippen molar-refractivity contribution < 1.29 is 4.74 Å². The highest BCUT2D eigenvalue weighted by molar-refractivity contribution is 5.13. The summed E-state index contributed by atoms with van der Waals surface area (Å²) in [7, 11) is 1.76. The molecule has 1 nitrogen and oxygen atoms in total. The first-order valence-electron chi connectivity index (χ1n) is 5.37. The second kappa shape index (κ2) is 7.57. The van der Waals surface area contributed by atoms with Gasteiger partial charge in [0.25, 0.3) is 0 Å². The molecule has 0 aliphatic rings. The van der Waals surface area contributed by atoms with E-state index in [-0.39, 0.29) is 0 Å². The summed E-state index contributed by atoms with van der Waals surface area (Å²) in [5, 5.41) is 0. The molecule has 0 amide bonds. The molecule has 14 heavy (non-hydrogen) atoms. The number of rotatable bonds is 7. The van der Waals surface area contributed by atoms with Crippen molar-refractivity contribution in [3.63, 3.8) is 0 Å². The summed E-state index contributed by atoms with van der Waals surface area (Å²) in [5.41, 5.74) is 1.43. The predicted octanol–water partition coefficient (Wildman–Crippen LogP) is 3.24. The van der Waals surface area contributed by atoms with E-state index in [1.165, 1.54) is 37.7 Å². The second-order valence-electron chi connectivity index (χ2n) is 3.57. The highest BCUT2D eigenvalue weighted by atomic mass is 16.5. The van der Waals surface area contributed by atoms with Gasteiger partial charge < -0.3 is 4.74 Å². The lowest BCUT2D eigenvalue weighted by Gasteiger charge is -2.01. The van der Waals surface area contributed by atoms with Crippen LogP contribution in [0.4, 0.5) is 0 Å². The van der Waals surface area contributed by atoms with Crippen LogP contribution in [0, 0.1) is 6.07 Å². The average molecular weight is 191 g/mol. The van der Waals surface area contributed by atoms with E-state index in [0.29, 0.717) is 0 Å². The van der Waals surface area contributed by atoms with Crippen LogP contribution in [0.5, 0.6) is 0 Å². The van der Waals surface area contributed by atoms with Crippen LogP contribution in [0.1, 0.15) is 31.2 Å². The monoisotopic (exact) mass is 191 g/mol. The smallest absolute Gasteiger partial charge is 0.0462 e. The standard InChI is InChI=1S/C13H19O/c1-14-12-8-3-2-5-9-13-10-6-4-7-11-13/h6-7,10-11H,2-3,5,8-9,12H2,1H3. The Morgan fingerprint density at radius 1 is 1.07 bits per heavy atom. The first-order chi connectivity index (χ1) is 6.93. The molecule has 0 heterocycles. The van der Waals surface area contributed by atoms with E-state index < -0.39 is 0 Å².